The second-order valence-electron chi connectivity index (χ2n) is 4.63. The highest BCUT2D eigenvalue weighted by molar-refractivity contribution is 5.93. The minimum Gasteiger partial charge on any atom is -0.366 e. The Kier molecular flexibility index (Phi) is 3.15. The number of primary amides is 1. The first-order valence-corrected chi connectivity index (χ1v) is 4.87. The molecule has 2 N–H and O–H groups in total. The number of carbonyl (C=O) groups is 1. The van der Waals surface area contributed by atoms with Gasteiger partial charge in [0.05, 0.1) is 0 Å². The zero-order valence-corrected chi connectivity index (χ0v) is 9.33. The van der Waals surface area contributed by atoms with E-state index in [9.17, 15) is 9.90 Å². The molecule has 0 atom stereocenters. The second kappa shape index (κ2) is 4.03. The predicted molar refractivity (Wildman–Crippen MR) is 58.1 cm³/mol. The molecule has 1 aromatic rings. The van der Waals surface area contributed by atoms with Gasteiger partial charge in [-0.3, -0.25) is 4.79 Å². The van der Waals surface area contributed by atoms with Crippen LogP contribution in [0.3, 0.4) is 0 Å². The van der Waals surface area contributed by atoms with E-state index in [0.717, 1.165) is 5.56 Å². The molecule has 1 aromatic carbocycles. The molecular formula is C12H16NO2. The van der Waals surface area contributed by atoms with Crippen molar-refractivity contribution in [2.75, 3.05) is 0 Å². The Morgan fingerprint density at radius 2 is 1.93 bits per heavy atom. The number of hydrogen-bond acceptors (Lipinski definition) is 1. The number of rotatable bonds is 2. The monoisotopic (exact) mass is 206 g/mol. The van der Waals surface area contributed by atoms with Gasteiger partial charge in [-0.05, 0) is 28.7 Å². The van der Waals surface area contributed by atoms with Gasteiger partial charge in [0.15, 0.2) is 0 Å². The van der Waals surface area contributed by atoms with Gasteiger partial charge in [-0.15, -0.1) is 0 Å². The molecule has 0 unspecified atom stereocenters. The molecule has 1 radical (unpaired) electrons. The lowest BCUT2D eigenvalue weighted by Crippen LogP contribution is -2.17. The van der Waals surface area contributed by atoms with Gasteiger partial charge in [-0.2, -0.15) is 0 Å². The first kappa shape index (κ1) is 11.7. The molecule has 0 saturated carbocycles. The lowest BCUT2D eigenvalue weighted by Gasteiger charge is -2.22. The Morgan fingerprint density at radius 3 is 2.33 bits per heavy atom. The fourth-order valence-electron chi connectivity index (χ4n) is 1.60. The maximum atomic E-state index is 11.0. The normalized spacial score (nSPS) is 11.5. The summed E-state index contributed by atoms with van der Waals surface area (Å²) in [6, 6.07) is 5.07. The topological polar surface area (TPSA) is 63.0 Å². The molecule has 1 amide bonds. The van der Waals surface area contributed by atoms with E-state index in [4.69, 9.17) is 5.73 Å². The Labute approximate surface area is 89.9 Å². The molecule has 81 valence electrons. The van der Waals surface area contributed by atoms with Gasteiger partial charge < -0.3 is 5.73 Å². The Morgan fingerprint density at radius 1 is 1.33 bits per heavy atom. The second-order valence-corrected chi connectivity index (χ2v) is 4.63. The molecule has 0 heterocycles. The summed E-state index contributed by atoms with van der Waals surface area (Å²) in [7, 11) is 0. The summed E-state index contributed by atoms with van der Waals surface area (Å²) in [5.74, 6) is -0.495. The Bertz CT molecular complexity index is 378. The van der Waals surface area contributed by atoms with Crippen LogP contribution in [0, 0.1) is 0 Å². The SMILES string of the molecule is CC(C)(C)c1ccc(C(N)=O)cc1C[O]. The quantitative estimate of drug-likeness (QED) is 0.790. The molecular weight excluding hydrogens is 190 g/mol. The van der Waals surface area contributed by atoms with Crippen LogP contribution in [-0.4, -0.2) is 5.91 Å². The molecule has 0 aromatic heterocycles. The molecule has 0 fully saturated rings. The molecule has 3 nitrogen and oxygen atoms in total. The van der Waals surface area contributed by atoms with Gasteiger partial charge in [0.25, 0.3) is 0 Å². The summed E-state index contributed by atoms with van der Waals surface area (Å²) < 4.78 is 0. The van der Waals surface area contributed by atoms with E-state index in [0.29, 0.717) is 11.1 Å². The number of carbonyl (C=O) groups excluding carboxylic acids is 1. The van der Waals surface area contributed by atoms with Crippen molar-refractivity contribution in [2.45, 2.75) is 32.8 Å². The van der Waals surface area contributed by atoms with E-state index in [2.05, 4.69) is 0 Å². The number of benzene rings is 1. The highest BCUT2D eigenvalue weighted by atomic mass is 16.3. The fourth-order valence-corrected chi connectivity index (χ4v) is 1.60. The van der Waals surface area contributed by atoms with Crippen LogP contribution in [0.1, 0.15) is 42.3 Å². The van der Waals surface area contributed by atoms with Crippen LogP contribution < -0.4 is 5.73 Å². The van der Waals surface area contributed by atoms with Gasteiger partial charge >= 0.3 is 0 Å². The molecule has 1 rings (SSSR count). The largest absolute Gasteiger partial charge is 0.366 e. The van der Waals surface area contributed by atoms with Gasteiger partial charge in [0.1, 0.15) is 6.61 Å². The van der Waals surface area contributed by atoms with E-state index in [-0.39, 0.29) is 12.0 Å². The minimum absolute atomic E-state index is 0.0874. The van der Waals surface area contributed by atoms with Crippen LogP contribution in [0.15, 0.2) is 18.2 Å². The third kappa shape index (κ3) is 2.57. The van der Waals surface area contributed by atoms with Crippen LogP contribution in [0.2, 0.25) is 0 Å². The lowest BCUT2D eigenvalue weighted by atomic mass is 9.83. The molecule has 0 aliphatic rings. The molecule has 0 saturated heterocycles. The van der Waals surface area contributed by atoms with E-state index in [1.54, 1.807) is 12.1 Å². The zero-order valence-electron chi connectivity index (χ0n) is 9.33. The van der Waals surface area contributed by atoms with Crippen molar-refractivity contribution < 1.29 is 9.90 Å². The standard InChI is InChI=1S/C12H16NO2/c1-12(2,3)10-5-4-8(11(13)15)6-9(10)7-14/h4-6H,7H2,1-3H3,(H2,13,15). The summed E-state index contributed by atoms with van der Waals surface area (Å²) in [6.07, 6.45) is 0. The highest BCUT2D eigenvalue weighted by Gasteiger charge is 2.18. The molecule has 0 aliphatic heterocycles. The average Bonchev–Trinajstić information content (AvgIpc) is 2.15. The van der Waals surface area contributed by atoms with Crippen LogP contribution in [0.5, 0.6) is 0 Å². The van der Waals surface area contributed by atoms with Gasteiger partial charge in [0, 0.05) is 5.56 Å². The van der Waals surface area contributed by atoms with E-state index in [1.807, 2.05) is 26.8 Å². The maximum Gasteiger partial charge on any atom is 0.248 e. The molecule has 3 heteroatoms. The summed E-state index contributed by atoms with van der Waals surface area (Å²) in [4.78, 5) is 11.0. The Hall–Kier alpha value is -1.35. The van der Waals surface area contributed by atoms with E-state index >= 15 is 0 Å². The summed E-state index contributed by atoms with van der Waals surface area (Å²) in [6.45, 7) is 5.77. The summed E-state index contributed by atoms with van der Waals surface area (Å²) in [5.41, 5.74) is 7.09. The van der Waals surface area contributed by atoms with Gasteiger partial charge in [-0.1, -0.05) is 26.8 Å². The van der Waals surface area contributed by atoms with Crippen LogP contribution in [0.25, 0.3) is 0 Å². The van der Waals surface area contributed by atoms with Crippen molar-refractivity contribution in [2.24, 2.45) is 5.73 Å². The summed E-state index contributed by atoms with van der Waals surface area (Å²) in [5, 5.41) is 11.0. The first-order valence-electron chi connectivity index (χ1n) is 4.87. The van der Waals surface area contributed by atoms with Crippen LogP contribution >= 0.6 is 0 Å². The van der Waals surface area contributed by atoms with Crippen molar-refractivity contribution in [1.82, 2.24) is 0 Å². The minimum atomic E-state index is -0.495. The first-order chi connectivity index (χ1) is 6.86. The number of amides is 1. The van der Waals surface area contributed by atoms with Crippen LogP contribution in [-0.2, 0) is 17.1 Å². The third-order valence-electron chi connectivity index (χ3n) is 2.35. The fraction of sp³-hybridized carbons (Fsp3) is 0.417. The van der Waals surface area contributed by atoms with Gasteiger partial charge in [-0.25, -0.2) is 5.11 Å². The maximum absolute atomic E-state index is 11.0. The molecule has 0 aliphatic carbocycles. The number of nitrogens with two attached hydrogens (primary N) is 1. The van der Waals surface area contributed by atoms with Crippen molar-refractivity contribution in [1.29, 1.82) is 0 Å². The zero-order chi connectivity index (χ0) is 11.6. The van der Waals surface area contributed by atoms with Crippen molar-refractivity contribution in [3.63, 3.8) is 0 Å². The van der Waals surface area contributed by atoms with E-state index < -0.39 is 5.91 Å². The van der Waals surface area contributed by atoms with E-state index in [1.165, 1.54) is 0 Å². The average molecular weight is 206 g/mol. The van der Waals surface area contributed by atoms with Crippen molar-refractivity contribution in [3.05, 3.63) is 34.9 Å². The smallest absolute Gasteiger partial charge is 0.248 e. The van der Waals surface area contributed by atoms with Gasteiger partial charge in [0.2, 0.25) is 5.91 Å². The predicted octanol–water partition coefficient (Wildman–Crippen LogP) is 2.01. The number of hydrogen-bond donors (Lipinski definition) is 1. The Balaban J connectivity index is 3.27. The molecule has 15 heavy (non-hydrogen) atoms. The van der Waals surface area contributed by atoms with Crippen molar-refractivity contribution in [3.8, 4) is 0 Å². The molecule has 0 bridgehead atoms. The third-order valence-corrected chi connectivity index (χ3v) is 2.35. The summed E-state index contributed by atoms with van der Waals surface area (Å²) >= 11 is 0. The van der Waals surface area contributed by atoms with Crippen molar-refractivity contribution >= 4 is 5.91 Å². The van der Waals surface area contributed by atoms with Crippen LogP contribution in [0.4, 0.5) is 0 Å². The lowest BCUT2D eigenvalue weighted by molar-refractivity contribution is 0.1000. The highest BCUT2D eigenvalue weighted by Crippen LogP contribution is 2.26. The molecule has 0 spiro atoms.